The molecule has 1 aliphatic heterocycles. The number of hydrogen-bond acceptors (Lipinski definition) is 5. The molecular weight excluding hydrogens is 416 g/mol. The van der Waals surface area contributed by atoms with E-state index in [-0.39, 0.29) is 11.5 Å². The van der Waals surface area contributed by atoms with Gasteiger partial charge in [-0.25, -0.2) is 4.90 Å². The quantitative estimate of drug-likeness (QED) is 0.336. The lowest BCUT2D eigenvalue weighted by atomic mass is 10.0. The Labute approximate surface area is 184 Å². The molecule has 0 spiro atoms. The minimum Gasteiger partial charge on any atom is -0.291 e. The molecule has 1 aliphatic rings. The van der Waals surface area contributed by atoms with Gasteiger partial charge in [0.2, 0.25) is 11.1 Å². The van der Waals surface area contributed by atoms with Gasteiger partial charge in [-0.15, -0.1) is 0 Å². The number of aromatic nitrogens is 3. The van der Waals surface area contributed by atoms with Crippen molar-refractivity contribution in [3.63, 3.8) is 0 Å². The van der Waals surface area contributed by atoms with E-state index in [4.69, 9.17) is 5.10 Å². The van der Waals surface area contributed by atoms with E-state index in [2.05, 4.69) is 11.9 Å². The summed E-state index contributed by atoms with van der Waals surface area (Å²) in [4.78, 5) is 30.5. The van der Waals surface area contributed by atoms with E-state index in [0.717, 1.165) is 23.4 Å². The van der Waals surface area contributed by atoms with E-state index in [1.54, 1.807) is 39.6 Å². The maximum Gasteiger partial charge on any atom is 0.325 e. The summed E-state index contributed by atoms with van der Waals surface area (Å²) < 4.78 is 1.72. The fourth-order valence-electron chi connectivity index (χ4n) is 3.80. The summed E-state index contributed by atoms with van der Waals surface area (Å²) in [7, 11) is 0. The second-order valence-electron chi connectivity index (χ2n) is 7.30. The monoisotopic (exact) mass is 441 g/mol. The number of aromatic amines is 1. The molecule has 0 saturated carbocycles. The number of carbonyl (C=O) groups excluding carboxylic acids is 1. The molecule has 156 valence electrons. The van der Waals surface area contributed by atoms with Crippen molar-refractivity contribution in [3.05, 3.63) is 57.0 Å². The normalized spacial score (nSPS) is 15.0. The molecule has 1 atom stereocenters. The molecule has 0 saturated heterocycles. The molecule has 1 aromatic carbocycles. The lowest BCUT2D eigenvalue weighted by Gasteiger charge is -2.30. The summed E-state index contributed by atoms with van der Waals surface area (Å²) in [6.07, 6.45) is 4.18. The summed E-state index contributed by atoms with van der Waals surface area (Å²) in [6, 6.07) is 9.50. The third kappa shape index (κ3) is 3.94. The zero-order chi connectivity index (χ0) is 21.1. The van der Waals surface area contributed by atoms with Crippen LogP contribution in [0.15, 0.2) is 51.0 Å². The summed E-state index contributed by atoms with van der Waals surface area (Å²) in [5, 5.41) is 9.36. The van der Waals surface area contributed by atoms with Crippen LogP contribution in [0.2, 0.25) is 0 Å². The standard InChI is InChI=1S/C22H24N4O2S2/c1-3-4-5-8-12-30-22-23-20(28)19-17-9-6-7-10-18(17)25(15(2)27)21(26(19)24-22)16-11-13-29-14-16/h6-7,9-11,13-14,21H,3-5,8,12H2,1-2H3/p+1/t21-/m1/s1. The van der Waals surface area contributed by atoms with E-state index in [1.807, 2.05) is 41.1 Å². The number of fused-ring (bicyclic) bond motifs is 3. The molecule has 0 aliphatic carbocycles. The number of anilines is 1. The third-order valence-corrected chi connectivity index (χ3v) is 6.83. The SMILES string of the molecule is CCCCCCSc1n[n+]2c(c(=O)[nH]1)-c1ccccc1N(C(C)=O)[C@H]2c1ccsc1. The maximum atomic E-state index is 13.1. The number of thiophene rings is 1. The Bertz CT molecular complexity index is 1090. The van der Waals surface area contributed by atoms with Crippen LogP contribution in [0.3, 0.4) is 0 Å². The number of nitrogens with one attached hydrogen (secondary N) is 1. The predicted molar refractivity (Wildman–Crippen MR) is 121 cm³/mol. The number of para-hydroxylation sites is 1. The number of rotatable bonds is 7. The number of hydrogen-bond donors (Lipinski definition) is 1. The van der Waals surface area contributed by atoms with Gasteiger partial charge in [-0.2, -0.15) is 11.3 Å². The van der Waals surface area contributed by atoms with Crippen LogP contribution in [0.4, 0.5) is 5.69 Å². The minimum absolute atomic E-state index is 0.0901. The topological polar surface area (TPSA) is 69.9 Å². The van der Waals surface area contributed by atoms with Gasteiger partial charge in [-0.3, -0.25) is 14.6 Å². The van der Waals surface area contributed by atoms with Gasteiger partial charge in [0.05, 0.1) is 16.8 Å². The fraction of sp³-hybridized carbons (Fsp3) is 0.364. The number of nitrogens with zero attached hydrogens (tertiary/aromatic N) is 3. The molecular formula is C22H25N4O2S2+. The number of thioether (sulfide) groups is 1. The first-order valence-electron chi connectivity index (χ1n) is 10.2. The van der Waals surface area contributed by atoms with Crippen LogP contribution < -0.4 is 15.1 Å². The molecule has 1 amide bonds. The van der Waals surface area contributed by atoms with E-state index in [1.165, 1.54) is 19.3 Å². The number of carbonyl (C=O) groups is 1. The lowest BCUT2D eigenvalue weighted by Crippen LogP contribution is -2.60. The molecule has 30 heavy (non-hydrogen) atoms. The second-order valence-corrected chi connectivity index (χ2v) is 9.16. The van der Waals surface area contributed by atoms with Gasteiger partial charge < -0.3 is 0 Å². The second kappa shape index (κ2) is 9.14. The Balaban J connectivity index is 1.81. The number of benzene rings is 1. The van der Waals surface area contributed by atoms with Crippen molar-refractivity contribution in [2.45, 2.75) is 50.9 Å². The van der Waals surface area contributed by atoms with Crippen molar-refractivity contribution >= 4 is 34.7 Å². The maximum absolute atomic E-state index is 13.1. The molecule has 0 fully saturated rings. The van der Waals surface area contributed by atoms with Crippen LogP contribution in [0.1, 0.15) is 51.3 Å². The zero-order valence-corrected chi connectivity index (χ0v) is 18.8. The molecule has 8 heteroatoms. The fourth-order valence-corrected chi connectivity index (χ4v) is 5.32. The Morgan fingerprint density at radius 2 is 2.10 bits per heavy atom. The number of H-pyrrole nitrogens is 1. The third-order valence-electron chi connectivity index (χ3n) is 5.18. The summed E-state index contributed by atoms with van der Waals surface area (Å²) in [6.45, 7) is 3.74. The van der Waals surface area contributed by atoms with Crippen molar-refractivity contribution in [3.8, 4) is 11.3 Å². The van der Waals surface area contributed by atoms with Crippen LogP contribution >= 0.6 is 23.1 Å². The van der Waals surface area contributed by atoms with E-state index in [0.29, 0.717) is 16.4 Å². The van der Waals surface area contributed by atoms with E-state index >= 15 is 0 Å². The highest BCUT2D eigenvalue weighted by Gasteiger charge is 2.44. The summed E-state index contributed by atoms with van der Waals surface area (Å²) >= 11 is 3.12. The smallest absolute Gasteiger partial charge is 0.291 e. The molecule has 3 heterocycles. The Morgan fingerprint density at radius 1 is 1.27 bits per heavy atom. The molecule has 6 nitrogen and oxygen atoms in total. The van der Waals surface area contributed by atoms with Crippen molar-refractivity contribution in [1.29, 1.82) is 0 Å². The van der Waals surface area contributed by atoms with Gasteiger partial charge in [0.1, 0.15) is 0 Å². The molecule has 0 bridgehead atoms. The number of amides is 1. The molecule has 4 rings (SSSR count). The van der Waals surface area contributed by atoms with E-state index in [9.17, 15) is 9.59 Å². The predicted octanol–water partition coefficient (Wildman–Crippen LogP) is 4.37. The minimum atomic E-state index is -0.486. The van der Waals surface area contributed by atoms with Crippen LogP contribution in [0.25, 0.3) is 11.3 Å². The van der Waals surface area contributed by atoms with Gasteiger partial charge in [-0.1, -0.05) is 50.1 Å². The molecule has 3 aromatic rings. The molecule has 1 N–H and O–H groups in total. The van der Waals surface area contributed by atoms with Crippen LogP contribution in [0, 0.1) is 0 Å². The highest BCUT2D eigenvalue weighted by atomic mass is 32.2. The number of unbranched alkanes of at least 4 members (excludes halogenated alkanes) is 3. The van der Waals surface area contributed by atoms with Crippen molar-refractivity contribution < 1.29 is 9.48 Å². The van der Waals surface area contributed by atoms with Crippen molar-refractivity contribution in [1.82, 2.24) is 10.1 Å². The van der Waals surface area contributed by atoms with Gasteiger partial charge in [0, 0.05) is 23.2 Å². The largest absolute Gasteiger partial charge is 0.325 e. The average molecular weight is 442 g/mol. The molecule has 0 radical (unpaired) electrons. The molecule has 0 unspecified atom stereocenters. The van der Waals surface area contributed by atoms with Crippen molar-refractivity contribution in [2.75, 3.05) is 10.7 Å². The van der Waals surface area contributed by atoms with Gasteiger partial charge in [0.25, 0.3) is 6.17 Å². The first-order chi connectivity index (χ1) is 14.6. The Morgan fingerprint density at radius 3 is 2.83 bits per heavy atom. The van der Waals surface area contributed by atoms with Crippen molar-refractivity contribution in [2.24, 2.45) is 0 Å². The highest BCUT2D eigenvalue weighted by Crippen LogP contribution is 2.37. The lowest BCUT2D eigenvalue weighted by molar-refractivity contribution is -0.763. The summed E-state index contributed by atoms with van der Waals surface area (Å²) in [5.74, 6) is 0.811. The Kier molecular flexibility index (Phi) is 6.34. The first-order valence-corrected chi connectivity index (χ1v) is 12.1. The highest BCUT2D eigenvalue weighted by molar-refractivity contribution is 7.99. The van der Waals surface area contributed by atoms with Crippen LogP contribution in [-0.2, 0) is 4.79 Å². The first kappa shape index (κ1) is 20.8. The summed E-state index contributed by atoms with van der Waals surface area (Å²) in [5.41, 5.74) is 2.68. The molecule has 2 aromatic heterocycles. The van der Waals surface area contributed by atoms with Gasteiger partial charge in [-0.05, 0) is 34.7 Å². The zero-order valence-electron chi connectivity index (χ0n) is 17.1. The van der Waals surface area contributed by atoms with Gasteiger partial charge in [0.15, 0.2) is 0 Å². The van der Waals surface area contributed by atoms with Crippen LogP contribution in [-0.4, -0.2) is 21.7 Å². The van der Waals surface area contributed by atoms with Crippen LogP contribution in [0.5, 0.6) is 0 Å². The van der Waals surface area contributed by atoms with Gasteiger partial charge >= 0.3 is 11.3 Å². The average Bonchev–Trinajstić information content (AvgIpc) is 3.26. The Hall–Kier alpha value is -2.45. The van der Waals surface area contributed by atoms with E-state index < -0.39 is 6.17 Å².